The molecule has 1 N–H and O–H groups in total. The quantitative estimate of drug-likeness (QED) is 0.782. The zero-order valence-electron chi connectivity index (χ0n) is 11.8. The summed E-state index contributed by atoms with van der Waals surface area (Å²) >= 11 is 0. The Bertz CT molecular complexity index is 432. The maximum atomic E-state index is 13.3. The van der Waals surface area contributed by atoms with Gasteiger partial charge >= 0.3 is 5.97 Å². The number of hydrogen-bond acceptors (Lipinski definition) is 4. The van der Waals surface area contributed by atoms with Crippen LogP contribution in [0.4, 0.5) is 8.78 Å². The summed E-state index contributed by atoms with van der Waals surface area (Å²) in [6.45, 7) is 3.76. The van der Waals surface area contributed by atoms with E-state index in [-0.39, 0.29) is 19.1 Å². The molecule has 4 nitrogen and oxygen atoms in total. The average molecular weight is 287 g/mol. The van der Waals surface area contributed by atoms with Crippen LogP contribution < -0.4 is 10.1 Å². The lowest BCUT2D eigenvalue weighted by Gasteiger charge is -2.19. The van der Waals surface area contributed by atoms with Crippen molar-refractivity contribution in [3.63, 3.8) is 0 Å². The topological polar surface area (TPSA) is 47.6 Å². The average Bonchev–Trinajstić information content (AvgIpc) is 2.39. The number of ether oxygens (including phenoxy) is 2. The lowest BCUT2D eigenvalue weighted by Crippen LogP contribution is -2.42. The molecule has 0 aliphatic carbocycles. The van der Waals surface area contributed by atoms with Gasteiger partial charge in [-0.2, -0.15) is 0 Å². The molecular formula is C14H19F2NO3. The molecule has 112 valence electrons. The van der Waals surface area contributed by atoms with Crippen LogP contribution in [0, 0.1) is 11.6 Å². The number of benzene rings is 1. The Morgan fingerprint density at radius 3 is 2.40 bits per heavy atom. The summed E-state index contributed by atoms with van der Waals surface area (Å²) in [6, 6.07) is 2.99. The predicted octanol–water partition coefficient (Wildman–Crippen LogP) is 2.27. The highest BCUT2D eigenvalue weighted by Crippen LogP contribution is 2.21. The van der Waals surface area contributed by atoms with E-state index >= 15 is 0 Å². The normalized spacial score (nSPS) is 12.3. The van der Waals surface area contributed by atoms with Gasteiger partial charge in [0.2, 0.25) is 0 Å². The molecule has 0 aromatic heterocycles. The van der Waals surface area contributed by atoms with Crippen molar-refractivity contribution in [1.29, 1.82) is 0 Å². The molecule has 0 aliphatic rings. The third kappa shape index (κ3) is 4.77. The van der Waals surface area contributed by atoms with Crippen LogP contribution in [0.2, 0.25) is 0 Å². The molecule has 1 atom stereocenters. The highest BCUT2D eigenvalue weighted by molar-refractivity contribution is 5.75. The van der Waals surface area contributed by atoms with E-state index in [2.05, 4.69) is 10.1 Å². The third-order valence-corrected chi connectivity index (χ3v) is 2.59. The minimum absolute atomic E-state index is 0.00264. The zero-order chi connectivity index (χ0) is 15.1. The second kappa shape index (κ2) is 7.79. The number of hydrogen-bond donors (Lipinski definition) is 1. The van der Waals surface area contributed by atoms with Gasteiger partial charge < -0.3 is 14.8 Å². The summed E-state index contributed by atoms with van der Waals surface area (Å²) < 4.78 is 36.4. The van der Waals surface area contributed by atoms with Gasteiger partial charge in [0.15, 0.2) is 17.4 Å². The van der Waals surface area contributed by atoms with E-state index in [4.69, 9.17) is 4.74 Å². The highest BCUT2D eigenvalue weighted by Gasteiger charge is 2.20. The summed E-state index contributed by atoms with van der Waals surface area (Å²) in [6.07, 6.45) is 0.249. The molecule has 0 spiro atoms. The number of esters is 1. The lowest BCUT2D eigenvalue weighted by molar-refractivity contribution is -0.143. The first-order chi connectivity index (χ1) is 9.45. The van der Waals surface area contributed by atoms with Crippen LogP contribution in [0.3, 0.4) is 0 Å². The maximum Gasteiger partial charge on any atom is 0.322 e. The van der Waals surface area contributed by atoms with E-state index in [0.29, 0.717) is 0 Å². The molecule has 0 bridgehead atoms. The summed E-state index contributed by atoms with van der Waals surface area (Å²) in [5, 5.41) is 3.00. The van der Waals surface area contributed by atoms with Crippen LogP contribution in [0.15, 0.2) is 18.2 Å². The van der Waals surface area contributed by atoms with Crippen LogP contribution in [-0.2, 0) is 9.53 Å². The molecular weight excluding hydrogens is 268 g/mol. The molecule has 1 unspecified atom stereocenters. The summed E-state index contributed by atoms with van der Waals surface area (Å²) in [4.78, 5) is 11.5. The molecule has 0 amide bonds. The van der Waals surface area contributed by atoms with Gasteiger partial charge in [-0.3, -0.25) is 4.79 Å². The van der Waals surface area contributed by atoms with Crippen molar-refractivity contribution in [2.75, 3.05) is 13.7 Å². The number of para-hydroxylation sites is 1. The second-order valence-corrected chi connectivity index (χ2v) is 4.59. The van der Waals surface area contributed by atoms with E-state index in [9.17, 15) is 13.6 Å². The Morgan fingerprint density at radius 2 is 1.90 bits per heavy atom. The third-order valence-electron chi connectivity index (χ3n) is 2.59. The summed E-state index contributed by atoms with van der Waals surface area (Å²) in [5.41, 5.74) is 0. The van der Waals surface area contributed by atoms with E-state index in [1.54, 1.807) is 0 Å². The Morgan fingerprint density at radius 1 is 1.30 bits per heavy atom. The molecule has 0 radical (unpaired) electrons. The number of carbonyl (C=O) groups is 1. The smallest absolute Gasteiger partial charge is 0.322 e. The van der Waals surface area contributed by atoms with Gasteiger partial charge in [-0.25, -0.2) is 8.78 Å². The van der Waals surface area contributed by atoms with Crippen molar-refractivity contribution in [3.8, 4) is 5.75 Å². The van der Waals surface area contributed by atoms with Gasteiger partial charge in [-0.05, 0) is 12.1 Å². The van der Waals surface area contributed by atoms with Gasteiger partial charge in [-0.15, -0.1) is 0 Å². The van der Waals surface area contributed by atoms with Gasteiger partial charge in [0.05, 0.1) is 13.7 Å². The van der Waals surface area contributed by atoms with Crippen LogP contribution in [0.25, 0.3) is 0 Å². The monoisotopic (exact) mass is 287 g/mol. The molecule has 0 saturated heterocycles. The number of carbonyl (C=O) groups excluding carboxylic acids is 1. The first-order valence-corrected chi connectivity index (χ1v) is 6.36. The van der Waals surface area contributed by atoms with Crippen molar-refractivity contribution in [1.82, 2.24) is 5.32 Å². The number of halogens is 2. The van der Waals surface area contributed by atoms with Crippen molar-refractivity contribution >= 4 is 5.97 Å². The Balaban J connectivity index is 2.58. The Kier molecular flexibility index (Phi) is 6.38. The van der Waals surface area contributed by atoms with Gasteiger partial charge in [-0.1, -0.05) is 19.9 Å². The number of nitrogens with one attached hydrogen (secondary N) is 1. The molecule has 1 aromatic rings. The van der Waals surface area contributed by atoms with Crippen molar-refractivity contribution < 1.29 is 23.0 Å². The second-order valence-electron chi connectivity index (χ2n) is 4.59. The van der Waals surface area contributed by atoms with Crippen molar-refractivity contribution in [2.45, 2.75) is 32.4 Å². The predicted molar refractivity (Wildman–Crippen MR) is 70.5 cm³/mol. The van der Waals surface area contributed by atoms with Crippen molar-refractivity contribution in [2.24, 2.45) is 0 Å². The van der Waals surface area contributed by atoms with Gasteiger partial charge in [0, 0.05) is 12.5 Å². The fourth-order valence-corrected chi connectivity index (χ4v) is 1.71. The van der Waals surface area contributed by atoms with Crippen molar-refractivity contribution in [3.05, 3.63) is 29.8 Å². The number of methoxy groups -OCH3 is 1. The van der Waals surface area contributed by atoms with Crippen LogP contribution >= 0.6 is 0 Å². The maximum absolute atomic E-state index is 13.3. The van der Waals surface area contributed by atoms with Crippen LogP contribution in [0.5, 0.6) is 5.75 Å². The molecule has 6 heteroatoms. The Hall–Kier alpha value is -1.69. The fourth-order valence-electron chi connectivity index (χ4n) is 1.71. The van der Waals surface area contributed by atoms with E-state index in [0.717, 1.165) is 12.1 Å². The van der Waals surface area contributed by atoms with E-state index < -0.39 is 29.4 Å². The fraction of sp³-hybridized carbons (Fsp3) is 0.500. The molecule has 0 fully saturated rings. The standard InChI is InChI=1S/C14H19F2NO3/c1-9(2)17-12(14(18)19-3)7-8-20-13-10(15)5-4-6-11(13)16/h4-6,9,12,17H,7-8H2,1-3H3. The summed E-state index contributed by atoms with van der Waals surface area (Å²) in [7, 11) is 1.29. The minimum Gasteiger partial charge on any atom is -0.488 e. The zero-order valence-corrected chi connectivity index (χ0v) is 11.8. The SMILES string of the molecule is COC(=O)C(CCOc1c(F)cccc1F)NC(C)C. The molecule has 0 aliphatic heterocycles. The molecule has 20 heavy (non-hydrogen) atoms. The molecule has 0 saturated carbocycles. The first kappa shape index (κ1) is 16.4. The van der Waals surface area contributed by atoms with Gasteiger partial charge in [0.25, 0.3) is 0 Å². The number of rotatable bonds is 7. The molecule has 1 rings (SSSR count). The minimum atomic E-state index is -0.767. The summed E-state index contributed by atoms with van der Waals surface area (Å²) in [5.74, 6) is -2.40. The largest absolute Gasteiger partial charge is 0.488 e. The molecule has 0 heterocycles. The lowest BCUT2D eigenvalue weighted by atomic mass is 10.2. The first-order valence-electron chi connectivity index (χ1n) is 6.36. The highest BCUT2D eigenvalue weighted by atomic mass is 19.1. The van der Waals surface area contributed by atoms with Gasteiger partial charge in [0.1, 0.15) is 6.04 Å². The van der Waals surface area contributed by atoms with Crippen LogP contribution in [-0.4, -0.2) is 31.8 Å². The molecule has 1 aromatic carbocycles. The van der Waals surface area contributed by atoms with Crippen LogP contribution in [0.1, 0.15) is 20.3 Å². The van der Waals surface area contributed by atoms with E-state index in [1.807, 2.05) is 13.8 Å². The Labute approximate surface area is 117 Å². The van der Waals surface area contributed by atoms with E-state index in [1.165, 1.54) is 13.2 Å².